The quantitative estimate of drug-likeness (QED) is 0.175. The summed E-state index contributed by atoms with van der Waals surface area (Å²) >= 11 is 12.7. The van der Waals surface area contributed by atoms with Crippen LogP contribution in [0.15, 0.2) is 108 Å². The fourth-order valence-electron chi connectivity index (χ4n) is 4.73. The minimum atomic E-state index is -4.26. The highest BCUT2D eigenvalue weighted by Gasteiger charge is 2.35. The van der Waals surface area contributed by atoms with Crippen LogP contribution < -0.4 is 9.62 Å². The van der Waals surface area contributed by atoms with Crippen molar-refractivity contribution in [3.05, 3.63) is 130 Å². The van der Waals surface area contributed by atoms with Gasteiger partial charge in [-0.3, -0.25) is 13.9 Å². The highest BCUT2D eigenvalue weighted by Crippen LogP contribution is 2.33. The normalized spacial score (nSPS) is 11.9. The van der Waals surface area contributed by atoms with Gasteiger partial charge in [-0.1, -0.05) is 108 Å². The van der Waals surface area contributed by atoms with Crippen LogP contribution in [0.5, 0.6) is 0 Å². The summed E-state index contributed by atoms with van der Waals surface area (Å²) in [6.45, 7) is 3.83. The van der Waals surface area contributed by atoms with Crippen molar-refractivity contribution in [1.29, 1.82) is 0 Å². The molecule has 0 aliphatic rings. The zero-order valence-electron chi connectivity index (χ0n) is 24.6. The molecule has 0 radical (unpaired) electrons. The summed E-state index contributed by atoms with van der Waals surface area (Å²) in [7, 11) is -4.26. The number of carbonyl (C=O) groups is 2. The molecule has 230 valence electrons. The first-order valence-electron chi connectivity index (χ1n) is 14.3. The van der Waals surface area contributed by atoms with Gasteiger partial charge in [-0.15, -0.1) is 0 Å². The van der Waals surface area contributed by atoms with Crippen molar-refractivity contribution in [3.63, 3.8) is 0 Å². The third kappa shape index (κ3) is 8.40. The fraction of sp³-hybridized carbons (Fsp3) is 0.235. The van der Waals surface area contributed by atoms with Gasteiger partial charge in [-0.25, -0.2) is 8.42 Å². The predicted octanol–water partition coefficient (Wildman–Crippen LogP) is 6.66. The first kappa shape index (κ1) is 33.1. The van der Waals surface area contributed by atoms with E-state index in [-0.39, 0.29) is 34.5 Å². The van der Waals surface area contributed by atoms with Crippen molar-refractivity contribution in [2.24, 2.45) is 0 Å². The molecule has 0 aliphatic heterocycles. The molecule has 1 N–H and O–H groups in total. The molecule has 1 unspecified atom stereocenters. The molecule has 4 aromatic rings. The number of nitrogens with one attached hydrogen (secondary N) is 1. The Bertz CT molecular complexity index is 1670. The predicted molar refractivity (Wildman–Crippen MR) is 176 cm³/mol. The van der Waals surface area contributed by atoms with E-state index in [1.807, 2.05) is 68.4 Å². The highest BCUT2D eigenvalue weighted by atomic mass is 35.5. The van der Waals surface area contributed by atoms with E-state index >= 15 is 0 Å². The molecule has 4 aromatic carbocycles. The molecule has 7 nitrogen and oxygen atoms in total. The number of anilines is 1. The number of hydrogen-bond acceptors (Lipinski definition) is 4. The molecule has 2 amide bonds. The zero-order valence-corrected chi connectivity index (χ0v) is 26.9. The molecule has 0 spiro atoms. The first-order valence-corrected chi connectivity index (χ1v) is 16.5. The molecule has 0 heterocycles. The Morgan fingerprint density at radius 3 is 2.09 bits per heavy atom. The minimum Gasteiger partial charge on any atom is -0.354 e. The van der Waals surface area contributed by atoms with Gasteiger partial charge in [0.2, 0.25) is 11.8 Å². The van der Waals surface area contributed by atoms with Crippen LogP contribution in [-0.4, -0.2) is 44.3 Å². The summed E-state index contributed by atoms with van der Waals surface area (Å²) < 4.78 is 29.1. The minimum absolute atomic E-state index is 0.00887. The van der Waals surface area contributed by atoms with E-state index in [2.05, 4.69) is 5.32 Å². The number of aryl methyl sites for hydroxylation is 1. The van der Waals surface area contributed by atoms with Crippen molar-refractivity contribution < 1.29 is 18.0 Å². The molecular formula is C34H35Cl2N3O4S. The summed E-state index contributed by atoms with van der Waals surface area (Å²) in [4.78, 5) is 29.6. The summed E-state index contributed by atoms with van der Waals surface area (Å²) in [6, 6.07) is 28.4. The SMILES string of the molecule is CCCNC(=O)C(Cc1ccccc1)N(Cc1ccc(C)cc1)C(=O)CN(c1ccc(Cl)cc1Cl)S(=O)(=O)c1ccccc1. The van der Waals surface area contributed by atoms with Gasteiger partial charge in [0.25, 0.3) is 10.0 Å². The van der Waals surface area contributed by atoms with Gasteiger partial charge in [0.1, 0.15) is 12.6 Å². The van der Waals surface area contributed by atoms with Crippen molar-refractivity contribution >= 4 is 50.7 Å². The molecule has 0 aromatic heterocycles. The summed E-state index contributed by atoms with van der Waals surface area (Å²) in [5.74, 6) is -0.887. The van der Waals surface area contributed by atoms with Crippen LogP contribution in [0.3, 0.4) is 0 Å². The van der Waals surface area contributed by atoms with Crippen LogP contribution in [0.1, 0.15) is 30.0 Å². The van der Waals surface area contributed by atoms with Gasteiger partial charge in [0, 0.05) is 24.5 Å². The molecule has 10 heteroatoms. The first-order chi connectivity index (χ1) is 21.1. The van der Waals surface area contributed by atoms with E-state index in [4.69, 9.17) is 23.2 Å². The number of benzene rings is 4. The van der Waals surface area contributed by atoms with Crippen molar-refractivity contribution in [3.8, 4) is 0 Å². The average molecular weight is 653 g/mol. The number of sulfonamides is 1. The van der Waals surface area contributed by atoms with Crippen LogP contribution in [0.2, 0.25) is 10.0 Å². The van der Waals surface area contributed by atoms with Gasteiger partial charge in [-0.05, 0) is 54.8 Å². The second-order valence-electron chi connectivity index (χ2n) is 10.4. The molecule has 0 aliphatic carbocycles. The van der Waals surface area contributed by atoms with Crippen molar-refractivity contribution in [2.75, 3.05) is 17.4 Å². The average Bonchev–Trinajstić information content (AvgIpc) is 3.02. The molecule has 0 saturated carbocycles. The zero-order chi connectivity index (χ0) is 31.7. The van der Waals surface area contributed by atoms with Crippen LogP contribution in [-0.2, 0) is 32.6 Å². The lowest BCUT2D eigenvalue weighted by atomic mass is 10.0. The topological polar surface area (TPSA) is 86.8 Å². The largest absolute Gasteiger partial charge is 0.354 e. The maximum absolute atomic E-state index is 14.4. The number of halogens is 2. The lowest BCUT2D eigenvalue weighted by Gasteiger charge is -2.34. The summed E-state index contributed by atoms with van der Waals surface area (Å²) in [5.41, 5.74) is 2.80. The number of amides is 2. The van der Waals surface area contributed by atoms with Crippen LogP contribution in [0.4, 0.5) is 5.69 Å². The third-order valence-corrected chi connectivity index (χ3v) is 9.39. The van der Waals surface area contributed by atoms with Crippen molar-refractivity contribution in [1.82, 2.24) is 10.2 Å². The Hall–Kier alpha value is -3.85. The van der Waals surface area contributed by atoms with Gasteiger partial charge in [-0.2, -0.15) is 0 Å². The van der Waals surface area contributed by atoms with Gasteiger partial charge < -0.3 is 10.2 Å². The second kappa shape index (κ2) is 15.2. The van der Waals surface area contributed by atoms with E-state index in [0.717, 1.165) is 21.0 Å². The van der Waals surface area contributed by atoms with Crippen LogP contribution in [0, 0.1) is 6.92 Å². The maximum Gasteiger partial charge on any atom is 0.264 e. The standard InChI is InChI=1S/C34H35Cl2N3O4S/c1-3-20-37-34(41)32(21-26-10-6-4-7-11-26)38(23-27-16-14-25(2)15-17-27)33(40)24-39(31-19-18-28(35)22-30(31)36)44(42,43)29-12-8-5-9-13-29/h4-19,22,32H,3,20-21,23-24H2,1-2H3,(H,37,41). The molecule has 1 atom stereocenters. The van der Waals surface area contributed by atoms with E-state index in [9.17, 15) is 18.0 Å². The maximum atomic E-state index is 14.4. The lowest BCUT2D eigenvalue weighted by molar-refractivity contribution is -0.140. The third-order valence-electron chi connectivity index (χ3n) is 7.08. The van der Waals surface area contributed by atoms with E-state index in [1.165, 1.54) is 35.2 Å². The molecule has 44 heavy (non-hydrogen) atoms. The monoisotopic (exact) mass is 651 g/mol. The van der Waals surface area contributed by atoms with Crippen LogP contribution >= 0.6 is 23.2 Å². The number of rotatable bonds is 13. The summed E-state index contributed by atoms with van der Waals surface area (Å²) in [6.07, 6.45) is 0.953. The Balaban J connectivity index is 1.81. The molecular weight excluding hydrogens is 617 g/mol. The number of nitrogens with zero attached hydrogens (tertiary/aromatic N) is 2. The Kier molecular flexibility index (Phi) is 11.4. The molecule has 4 rings (SSSR count). The number of hydrogen-bond donors (Lipinski definition) is 1. The smallest absolute Gasteiger partial charge is 0.264 e. The second-order valence-corrected chi connectivity index (χ2v) is 13.1. The fourth-order valence-corrected chi connectivity index (χ4v) is 6.74. The summed E-state index contributed by atoms with van der Waals surface area (Å²) in [5, 5.41) is 3.32. The Labute approximate surface area is 269 Å². The number of carbonyl (C=O) groups excluding carboxylic acids is 2. The van der Waals surface area contributed by atoms with E-state index < -0.39 is 28.5 Å². The van der Waals surface area contributed by atoms with Gasteiger partial charge in [0.05, 0.1) is 15.6 Å². The molecule has 0 bridgehead atoms. The van der Waals surface area contributed by atoms with E-state index in [1.54, 1.807) is 18.2 Å². The molecule has 0 fully saturated rings. The Morgan fingerprint density at radius 1 is 0.841 bits per heavy atom. The lowest BCUT2D eigenvalue weighted by Crippen LogP contribution is -2.53. The van der Waals surface area contributed by atoms with Gasteiger partial charge >= 0.3 is 0 Å². The highest BCUT2D eigenvalue weighted by molar-refractivity contribution is 7.92. The van der Waals surface area contributed by atoms with E-state index in [0.29, 0.717) is 18.0 Å². The van der Waals surface area contributed by atoms with Crippen molar-refractivity contribution in [2.45, 2.75) is 44.2 Å². The molecule has 0 saturated heterocycles. The Morgan fingerprint density at radius 2 is 1.48 bits per heavy atom. The van der Waals surface area contributed by atoms with Crippen LogP contribution in [0.25, 0.3) is 0 Å². The van der Waals surface area contributed by atoms with Gasteiger partial charge in [0.15, 0.2) is 0 Å².